The first kappa shape index (κ1) is 19.4. The highest BCUT2D eigenvalue weighted by molar-refractivity contribution is 6.23. The van der Waals surface area contributed by atoms with E-state index < -0.39 is 0 Å². The van der Waals surface area contributed by atoms with Crippen molar-refractivity contribution < 1.29 is 4.79 Å². The van der Waals surface area contributed by atoms with Gasteiger partial charge in [0.1, 0.15) is 0 Å². The molecule has 0 aliphatic rings. The minimum Gasteiger partial charge on any atom is -0.352 e. The van der Waals surface area contributed by atoms with E-state index in [-0.39, 0.29) is 5.91 Å². The first-order chi connectivity index (χ1) is 16.3. The lowest BCUT2D eigenvalue weighted by Crippen LogP contribution is -2.25. The van der Waals surface area contributed by atoms with Gasteiger partial charge in [0.25, 0.3) is 5.91 Å². The quantitative estimate of drug-likeness (QED) is 0.234. The lowest BCUT2D eigenvalue weighted by Gasteiger charge is -2.11. The van der Waals surface area contributed by atoms with Crippen molar-refractivity contribution >= 4 is 49.5 Å². The second-order valence-electron chi connectivity index (χ2n) is 8.13. The minimum atomic E-state index is -0.104. The molecule has 33 heavy (non-hydrogen) atoms. The third-order valence-corrected chi connectivity index (χ3v) is 6.02. The number of nitrogens with zero attached hydrogens (tertiary/aromatic N) is 4. The number of imidazole rings is 1. The van der Waals surface area contributed by atoms with E-state index in [1.54, 1.807) is 12.5 Å². The van der Waals surface area contributed by atoms with Gasteiger partial charge in [-0.2, -0.15) is 0 Å². The van der Waals surface area contributed by atoms with Crippen LogP contribution in [0, 0.1) is 0 Å². The molecule has 6 nitrogen and oxygen atoms in total. The predicted octanol–water partition coefficient (Wildman–Crippen LogP) is 5.11. The molecular formula is C27H21N5O. The Balaban J connectivity index is 1.37. The van der Waals surface area contributed by atoms with Crippen molar-refractivity contribution in [1.29, 1.82) is 0 Å². The zero-order chi connectivity index (χ0) is 22.2. The van der Waals surface area contributed by atoms with E-state index in [2.05, 4.69) is 40.6 Å². The van der Waals surface area contributed by atoms with Crippen molar-refractivity contribution in [2.24, 2.45) is 0 Å². The number of carbonyl (C=O) groups is 1. The summed E-state index contributed by atoms with van der Waals surface area (Å²) in [6, 6.07) is 22.1. The maximum absolute atomic E-state index is 12.7. The molecule has 0 unspecified atom stereocenters. The number of rotatable bonds is 5. The minimum absolute atomic E-state index is 0.104. The normalized spacial score (nSPS) is 11.5. The Labute approximate surface area is 189 Å². The Kier molecular flexibility index (Phi) is 4.69. The van der Waals surface area contributed by atoms with Crippen LogP contribution in [0.4, 0.5) is 0 Å². The van der Waals surface area contributed by atoms with E-state index in [1.165, 1.54) is 5.39 Å². The van der Waals surface area contributed by atoms with Crippen LogP contribution in [-0.4, -0.2) is 32.0 Å². The van der Waals surface area contributed by atoms with Crippen LogP contribution in [0.2, 0.25) is 0 Å². The molecule has 160 valence electrons. The van der Waals surface area contributed by atoms with Gasteiger partial charge in [-0.3, -0.25) is 4.79 Å². The van der Waals surface area contributed by atoms with E-state index in [9.17, 15) is 4.79 Å². The summed E-state index contributed by atoms with van der Waals surface area (Å²) in [7, 11) is 0. The average molecular weight is 431 g/mol. The molecule has 4 aromatic carbocycles. The fourth-order valence-corrected chi connectivity index (χ4v) is 4.40. The third-order valence-electron chi connectivity index (χ3n) is 6.02. The van der Waals surface area contributed by atoms with Gasteiger partial charge in [0.2, 0.25) is 0 Å². The summed E-state index contributed by atoms with van der Waals surface area (Å²) in [5, 5.41) is 7.47. The highest BCUT2D eigenvalue weighted by Gasteiger charge is 2.13. The van der Waals surface area contributed by atoms with Gasteiger partial charge in [-0.25, -0.2) is 15.0 Å². The standard InChI is InChI=1S/C27H21N5O/c33-27(29-12-5-14-32-15-13-28-17-32)18-10-11-23-24(16-18)31-26-22-9-4-2-7-20(22)19-6-1-3-8-21(19)25(26)30-23/h1-4,6-11,13,15-17H,5,12,14H2,(H,29,33). The number of hydrogen-bond acceptors (Lipinski definition) is 4. The first-order valence-corrected chi connectivity index (χ1v) is 11.0. The Morgan fingerprint density at radius 1 is 0.818 bits per heavy atom. The van der Waals surface area contributed by atoms with Crippen molar-refractivity contribution in [3.05, 3.63) is 91.0 Å². The molecule has 1 N–H and O–H groups in total. The average Bonchev–Trinajstić information content (AvgIpc) is 3.39. The van der Waals surface area contributed by atoms with Gasteiger partial charge < -0.3 is 9.88 Å². The Hall–Kier alpha value is -4.32. The predicted molar refractivity (Wildman–Crippen MR) is 131 cm³/mol. The highest BCUT2D eigenvalue weighted by atomic mass is 16.1. The van der Waals surface area contributed by atoms with Crippen LogP contribution in [0.3, 0.4) is 0 Å². The second-order valence-corrected chi connectivity index (χ2v) is 8.13. The Morgan fingerprint density at radius 3 is 2.15 bits per heavy atom. The molecule has 0 saturated carbocycles. The van der Waals surface area contributed by atoms with Crippen molar-refractivity contribution in [3.63, 3.8) is 0 Å². The molecule has 0 saturated heterocycles. The van der Waals surface area contributed by atoms with Crippen LogP contribution >= 0.6 is 0 Å². The maximum atomic E-state index is 12.7. The van der Waals surface area contributed by atoms with Gasteiger partial charge in [-0.05, 0) is 35.4 Å². The molecule has 6 aromatic rings. The molecule has 0 fully saturated rings. The zero-order valence-corrected chi connectivity index (χ0v) is 17.9. The number of benzene rings is 4. The molecule has 2 heterocycles. The molecule has 0 aliphatic heterocycles. The first-order valence-electron chi connectivity index (χ1n) is 11.0. The number of amides is 1. The van der Waals surface area contributed by atoms with Crippen LogP contribution in [-0.2, 0) is 6.54 Å². The summed E-state index contributed by atoms with van der Waals surface area (Å²) in [6.45, 7) is 1.41. The van der Waals surface area contributed by atoms with Crippen LogP contribution < -0.4 is 5.32 Å². The Bertz CT molecular complexity index is 1640. The highest BCUT2D eigenvalue weighted by Crippen LogP contribution is 2.33. The summed E-state index contributed by atoms with van der Waals surface area (Å²) < 4.78 is 2.00. The third kappa shape index (κ3) is 3.46. The molecule has 0 aliphatic carbocycles. The summed E-state index contributed by atoms with van der Waals surface area (Å²) in [4.78, 5) is 26.7. The lowest BCUT2D eigenvalue weighted by atomic mass is 9.99. The van der Waals surface area contributed by atoms with Gasteiger partial charge in [0.05, 0.1) is 28.4 Å². The van der Waals surface area contributed by atoms with Gasteiger partial charge >= 0.3 is 0 Å². The number of nitrogens with one attached hydrogen (secondary N) is 1. The van der Waals surface area contributed by atoms with Gasteiger partial charge in [0, 0.05) is 41.8 Å². The summed E-state index contributed by atoms with van der Waals surface area (Å²) in [6.07, 6.45) is 6.28. The summed E-state index contributed by atoms with van der Waals surface area (Å²) in [5.74, 6) is -0.104. The van der Waals surface area contributed by atoms with Crippen LogP contribution in [0.15, 0.2) is 85.5 Å². The van der Waals surface area contributed by atoms with Crippen molar-refractivity contribution in [3.8, 4) is 0 Å². The number of hydrogen-bond donors (Lipinski definition) is 1. The molecule has 0 radical (unpaired) electrons. The Morgan fingerprint density at radius 2 is 1.48 bits per heavy atom. The molecule has 0 atom stereocenters. The van der Waals surface area contributed by atoms with E-state index in [0.717, 1.165) is 45.7 Å². The molecule has 6 heteroatoms. The zero-order valence-electron chi connectivity index (χ0n) is 17.9. The molecule has 2 aromatic heterocycles. The number of aryl methyl sites for hydroxylation is 1. The van der Waals surface area contributed by atoms with E-state index in [0.29, 0.717) is 17.6 Å². The summed E-state index contributed by atoms with van der Waals surface area (Å²) in [5.41, 5.74) is 3.82. The molecule has 0 bridgehead atoms. The number of fused-ring (bicyclic) bond motifs is 7. The van der Waals surface area contributed by atoms with Crippen molar-refractivity contribution in [2.75, 3.05) is 6.54 Å². The van der Waals surface area contributed by atoms with E-state index in [4.69, 9.17) is 9.97 Å². The number of aromatic nitrogens is 4. The van der Waals surface area contributed by atoms with E-state index >= 15 is 0 Å². The smallest absolute Gasteiger partial charge is 0.251 e. The van der Waals surface area contributed by atoms with Crippen LogP contribution in [0.5, 0.6) is 0 Å². The summed E-state index contributed by atoms with van der Waals surface area (Å²) >= 11 is 0. The molecule has 1 amide bonds. The number of carbonyl (C=O) groups excluding carboxylic acids is 1. The fourth-order valence-electron chi connectivity index (χ4n) is 4.40. The lowest BCUT2D eigenvalue weighted by molar-refractivity contribution is 0.0953. The largest absolute Gasteiger partial charge is 0.352 e. The van der Waals surface area contributed by atoms with Crippen molar-refractivity contribution in [1.82, 2.24) is 24.8 Å². The molecule has 0 spiro atoms. The van der Waals surface area contributed by atoms with Crippen LogP contribution in [0.25, 0.3) is 43.6 Å². The van der Waals surface area contributed by atoms with Gasteiger partial charge in [0.15, 0.2) is 0 Å². The van der Waals surface area contributed by atoms with Crippen LogP contribution in [0.1, 0.15) is 16.8 Å². The maximum Gasteiger partial charge on any atom is 0.251 e. The molecular weight excluding hydrogens is 410 g/mol. The van der Waals surface area contributed by atoms with Gasteiger partial charge in [-0.1, -0.05) is 48.5 Å². The SMILES string of the molecule is O=C(NCCCn1ccnc1)c1ccc2nc3c4ccccc4c4ccccc4c3nc2c1. The monoisotopic (exact) mass is 431 g/mol. The van der Waals surface area contributed by atoms with E-state index in [1.807, 2.05) is 47.2 Å². The molecule has 6 rings (SSSR count). The second kappa shape index (κ2) is 7.98. The van der Waals surface area contributed by atoms with Gasteiger partial charge in [-0.15, -0.1) is 0 Å². The van der Waals surface area contributed by atoms with Crippen molar-refractivity contribution in [2.45, 2.75) is 13.0 Å². The topological polar surface area (TPSA) is 72.7 Å². The fraction of sp³-hybridized carbons (Fsp3) is 0.111.